The Labute approximate surface area is 109 Å². The predicted octanol–water partition coefficient (Wildman–Crippen LogP) is 1.65. The first-order chi connectivity index (χ1) is 8.52. The molecule has 1 unspecified atom stereocenters. The van der Waals surface area contributed by atoms with Gasteiger partial charge in [-0.2, -0.15) is 0 Å². The van der Waals surface area contributed by atoms with Gasteiger partial charge in [0.1, 0.15) is 12.4 Å². The molecule has 0 radical (unpaired) electrons. The number of nitrogens with one attached hydrogen (secondary N) is 1. The molecule has 1 amide bonds. The zero-order chi connectivity index (χ0) is 13.5. The van der Waals surface area contributed by atoms with Gasteiger partial charge in [0.25, 0.3) is 0 Å². The molecule has 0 aromatic heterocycles. The summed E-state index contributed by atoms with van der Waals surface area (Å²) in [4.78, 5) is 11.2. The van der Waals surface area contributed by atoms with E-state index in [1.54, 1.807) is 6.92 Å². The summed E-state index contributed by atoms with van der Waals surface area (Å²) in [6, 6.07) is 7.47. The van der Waals surface area contributed by atoms with Gasteiger partial charge in [-0.25, -0.2) is 0 Å². The summed E-state index contributed by atoms with van der Waals surface area (Å²) in [6.07, 6.45) is 0. The second-order valence-corrected chi connectivity index (χ2v) is 4.62. The molecule has 0 saturated heterocycles. The summed E-state index contributed by atoms with van der Waals surface area (Å²) in [5.41, 5.74) is 6.62. The first kappa shape index (κ1) is 14.5. The summed E-state index contributed by atoms with van der Waals surface area (Å²) in [5, 5.41) is 2.71. The Morgan fingerprint density at radius 2 is 2.00 bits per heavy atom. The van der Waals surface area contributed by atoms with Crippen molar-refractivity contribution < 1.29 is 9.53 Å². The zero-order valence-electron chi connectivity index (χ0n) is 11.3. The highest BCUT2D eigenvalue weighted by Gasteiger charge is 2.08. The Morgan fingerprint density at radius 3 is 2.61 bits per heavy atom. The molecule has 0 aliphatic rings. The van der Waals surface area contributed by atoms with Crippen LogP contribution < -0.4 is 15.8 Å². The molecule has 0 bridgehead atoms. The molecule has 0 heterocycles. The number of amides is 1. The Bertz CT molecular complexity index is 389. The molecule has 0 saturated carbocycles. The summed E-state index contributed by atoms with van der Waals surface area (Å²) in [5.74, 6) is 1.14. The lowest BCUT2D eigenvalue weighted by Crippen LogP contribution is -2.40. The van der Waals surface area contributed by atoms with E-state index < -0.39 is 6.04 Å². The standard InChI is InChI=1S/C14H22N2O2/c1-10(2)12-6-4-5-7-13(12)18-9-8-16-14(17)11(3)15/h4-7,10-11H,8-9,15H2,1-3H3,(H,16,17). The first-order valence-electron chi connectivity index (χ1n) is 6.27. The SMILES string of the molecule is CC(N)C(=O)NCCOc1ccccc1C(C)C. The number of nitrogens with two attached hydrogens (primary N) is 1. The number of para-hydroxylation sites is 1. The van der Waals surface area contributed by atoms with E-state index in [4.69, 9.17) is 10.5 Å². The van der Waals surface area contributed by atoms with Gasteiger partial charge >= 0.3 is 0 Å². The molecule has 18 heavy (non-hydrogen) atoms. The topological polar surface area (TPSA) is 64.4 Å². The number of benzene rings is 1. The molecule has 0 aliphatic carbocycles. The highest BCUT2D eigenvalue weighted by atomic mass is 16.5. The molecule has 3 N–H and O–H groups in total. The van der Waals surface area contributed by atoms with Gasteiger partial charge in [-0.1, -0.05) is 32.0 Å². The minimum atomic E-state index is -0.479. The van der Waals surface area contributed by atoms with Gasteiger partial charge in [0.05, 0.1) is 12.6 Å². The fourth-order valence-corrected chi connectivity index (χ4v) is 1.59. The van der Waals surface area contributed by atoms with Crippen LogP contribution >= 0.6 is 0 Å². The number of carbonyl (C=O) groups is 1. The normalized spacial score (nSPS) is 12.3. The molecule has 1 atom stereocenters. The molecule has 0 aliphatic heterocycles. The third-order valence-electron chi connectivity index (χ3n) is 2.61. The van der Waals surface area contributed by atoms with E-state index in [9.17, 15) is 4.79 Å². The molecule has 1 aromatic rings. The molecule has 1 rings (SSSR count). The maximum atomic E-state index is 11.2. The van der Waals surface area contributed by atoms with Gasteiger partial charge in [-0.15, -0.1) is 0 Å². The number of rotatable bonds is 6. The van der Waals surface area contributed by atoms with Gasteiger partial charge in [0.2, 0.25) is 5.91 Å². The van der Waals surface area contributed by atoms with Gasteiger partial charge in [-0.3, -0.25) is 4.79 Å². The number of carbonyl (C=O) groups excluding carboxylic acids is 1. The molecule has 4 nitrogen and oxygen atoms in total. The van der Waals surface area contributed by atoms with Crippen LogP contribution in [0.1, 0.15) is 32.3 Å². The average Bonchev–Trinajstić information content (AvgIpc) is 2.34. The summed E-state index contributed by atoms with van der Waals surface area (Å²) >= 11 is 0. The zero-order valence-corrected chi connectivity index (χ0v) is 11.3. The summed E-state index contributed by atoms with van der Waals surface area (Å²) < 4.78 is 5.67. The van der Waals surface area contributed by atoms with Crippen molar-refractivity contribution in [2.45, 2.75) is 32.7 Å². The van der Waals surface area contributed by atoms with E-state index in [1.807, 2.05) is 18.2 Å². The Balaban J connectivity index is 2.42. The van der Waals surface area contributed by atoms with Gasteiger partial charge in [0, 0.05) is 0 Å². The van der Waals surface area contributed by atoms with Crippen LogP contribution in [0, 0.1) is 0 Å². The van der Waals surface area contributed by atoms with Crippen molar-refractivity contribution in [2.24, 2.45) is 5.73 Å². The molecule has 0 fully saturated rings. The maximum absolute atomic E-state index is 11.2. The lowest BCUT2D eigenvalue weighted by molar-refractivity contribution is -0.122. The predicted molar refractivity (Wildman–Crippen MR) is 72.7 cm³/mol. The molecule has 4 heteroatoms. The molecular weight excluding hydrogens is 228 g/mol. The van der Waals surface area contributed by atoms with Crippen LogP contribution in [0.15, 0.2) is 24.3 Å². The average molecular weight is 250 g/mol. The van der Waals surface area contributed by atoms with Crippen molar-refractivity contribution >= 4 is 5.91 Å². The van der Waals surface area contributed by atoms with Gasteiger partial charge < -0.3 is 15.8 Å². The van der Waals surface area contributed by atoms with Crippen LogP contribution in [-0.2, 0) is 4.79 Å². The second kappa shape index (κ2) is 7.01. The van der Waals surface area contributed by atoms with Crippen LogP contribution in [0.4, 0.5) is 0 Å². The fraction of sp³-hybridized carbons (Fsp3) is 0.500. The molecule has 100 valence electrons. The maximum Gasteiger partial charge on any atom is 0.236 e. The van der Waals surface area contributed by atoms with Crippen molar-refractivity contribution in [3.8, 4) is 5.75 Å². The van der Waals surface area contributed by atoms with Crippen molar-refractivity contribution in [1.29, 1.82) is 0 Å². The Hall–Kier alpha value is -1.55. The first-order valence-corrected chi connectivity index (χ1v) is 6.27. The van der Waals surface area contributed by atoms with E-state index >= 15 is 0 Å². The lowest BCUT2D eigenvalue weighted by atomic mass is 10.0. The van der Waals surface area contributed by atoms with Crippen LogP contribution in [0.2, 0.25) is 0 Å². The fourth-order valence-electron chi connectivity index (χ4n) is 1.59. The monoisotopic (exact) mass is 250 g/mol. The second-order valence-electron chi connectivity index (χ2n) is 4.62. The lowest BCUT2D eigenvalue weighted by Gasteiger charge is -2.14. The van der Waals surface area contributed by atoms with Crippen LogP contribution in [-0.4, -0.2) is 25.1 Å². The van der Waals surface area contributed by atoms with E-state index in [0.717, 1.165) is 5.75 Å². The summed E-state index contributed by atoms with van der Waals surface area (Å²) in [6.45, 7) is 6.82. The minimum absolute atomic E-state index is 0.157. The largest absolute Gasteiger partial charge is 0.491 e. The van der Waals surface area contributed by atoms with E-state index in [-0.39, 0.29) is 5.91 Å². The summed E-state index contributed by atoms with van der Waals surface area (Å²) in [7, 11) is 0. The number of hydrogen-bond acceptors (Lipinski definition) is 3. The Kier molecular flexibility index (Phi) is 5.65. The van der Waals surface area contributed by atoms with Crippen LogP contribution in [0.3, 0.4) is 0 Å². The Morgan fingerprint density at radius 1 is 1.33 bits per heavy atom. The van der Waals surface area contributed by atoms with E-state index in [1.165, 1.54) is 5.56 Å². The van der Waals surface area contributed by atoms with Gasteiger partial charge in [0.15, 0.2) is 0 Å². The third-order valence-corrected chi connectivity index (χ3v) is 2.61. The highest BCUT2D eigenvalue weighted by molar-refractivity contribution is 5.80. The number of ether oxygens (including phenoxy) is 1. The van der Waals surface area contributed by atoms with Crippen molar-refractivity contribution in [1.82, 2.24) is 5.32 Å². The van der Waals surface area contributed by atoms with Crippen molar-refractivity contribution in [3.05, 3.63) is 29.8 Å². The highest BCUT2D eigenvalue weighted by Crippen LogP contribution is 2.25. The van der Waals surface area contributed by atoms with Crippen molar-refractivity contribution in [3.63, 3.8) is 0 Å². The molecule has 1 aromatic carbocycles. The quantitative estimate of drug-likeness (QED) is 0.755. The van der Waals surface area contributed by atoms with Gasteiger partial charge in [-0.05, 0) is 24.5 Å². The number of hydrogen-bond donors (Lipinski definition) is 2. The third kappa shape index (κ3) is 4.37. The van der Waals surface area contributed by atoms with Crippen LogP contribution in [0.25, 0.3) is 0 Å². The van der Waals surface area contributed by atoms with Crippen molar-refractivity contribution in [2.75, 3.05) is 13.2 Å². The van der Waals surface area contributed by atoms with E-state index in [0.29, 0.717) is 19.1 Å². The smallest absolute Gasteiger partial charge is 0.236 e. The molecular formula is C14H22N2O2. The molecule has 0 spiro atoms. The van der Waals surface area contributed by atoms with Crippen LogP contribution in [0.5, 0.6) is 5.75 Å². The van der Waals surface area contributed by atoms with E-state index in [2.05, 4.69) is 25.2 Å². The minimum Gasteiger partial charge on any atom is -0.491 e.